The van der Waals surface area contributed by atoms with Crippen LogP contribution in [0.2, 0.25) is 0 Å². The molecule has 1 aliphatic rings. The van der Waals surface area contributed by atoms with E-state index in [1.165, 1.54) is 26.0 Å². The third-order valence-corrected chi connectivity index (χ3v) is 6.75. The lowest BCUT2D eigenvalue weighted by Gasteiger charge is -2.28. The second-order valence-corrected chi connectivity index (χ2v) is 9.94. The lowest BCUT2D eigenvalue weighted by Crippen LogP contribution is -2.44. The fraction of sp³-hybridized carbons (Fsp3) is 0.250. The van der Waals surface area contributed by atoms with Gasteiger partial charge in [0.15, 0.2) is 5.65 Å². The predicted molar refractivity (Wildman–Crippen MR) is 137 cm³/mol. The maximum atomic E-state index is 14.9. The van der Waals surface area contributed by atoms with Crippen molar-refractivity contribution in [1.82, 2.24) is 14.9 Å². The number of rotatable bonds is 5. The average molecular weight is 541 g/mol. The molecule has 0 aliphatic carbocycles. The van der Waals surface area contributed by atoms with Crippen LogP contribution in [0.4, 0.5) is 23.4 Å². The second kappa shape index (κ2) is 9.81. The van der Waals surface area contributed by atoms with Crippen molar-refractivity contribution in [2.75, 3.05) is 18.0 Å². The average Bonchev–Trinajstić information content (AvgIpc) is 3.30. The number of aliphatic hydroxyl groups excluding tert-OH is 1. The molecule has 4 aromatic rings. The van der Waals surface area contributed by atoms with Gasteiger partial charge in [-0.25, -0.2) is 22.5 Å². The van der Waals surface area contributed by atoms with Gasteiger partial charge in [-0.2, -0.15) is 0 Å². The quantitative estimate of drug-likeness (QED) is 0.371. The van der Waals surface area contributed by atoms with Gasteiger partial charge >= 0.3 is 0 Å². The van der Waals surface area contributed by atoms with Gasteiger partial charge in [-0.15, -0.1) is 0 Å². The van der Waals surface area contributed by atoms with Gasteiger partial charge < -0.3 is 15.3 Å². The number of aromatic nitrogens is 2. The zero-order chi connectivity index (χ0) is 28.1. The second-order valence-electron chi connectivity index (χ2n) is 9.94. The normalized spacial score (nSPS) is 15.7. The van der Waals surface area contributed by atoms with E-state index in [2.05, 4.69) is 10.3 Å². The largest absolute Gasteiger partial charge is 0.391 e. The van der Waals surface area contributed by atoms with Crippen LogP contribution in [0.1, 0.15) is 36.2 Å². The van der Waals surface area contributed by atoms with Gasteiger partial charge in [0.05, 0.1) is 22.7 Å². The molecule has 5 rings (SSSR count). The third-order valence-electron chi connectivity index (χ3n) is 6.75. The standard InChI is InChI=1S/C28H24F4N4O3/c1-28(2,24-19(30)4-3-5-20(24)31)34-27(39)18-14-36(22-8-6-15(29)12-21(22)32)26-17(25(18)38)7-9-23(33-26)35-11-10-16(37)13-35/h3-9,12,14,16,37H,10-11,13H2,1-2H3,(H,34,39)/t16-/m1/s1. The summed E-state index contributed by atoms with van der Waals surface area (Å²) < 4.78 is 58.8. The van der Waals surface area contributed by atoms with E-state index >= 15 is 0 Å². The molecule has 0 radical (unpaired) electrons. The Morgan fingerprint density at radius 1 is 1.05 bits per heavy atom. The van der Waals surface area contributed by atoms with Gasteiger partial charge in [0.25, 0.3) is 5.91 Å². The van der Waals surface area contributed by atoms with Gasteiger partial charge in [0, 0.05) is 30.9 Å². The molecule has 2 N–H and O–H groups in total. The summed E-state index contributed by atoms with van der Waals surface area (Å²) in [5.74, 6) is -4.10. The minimum Gasteiger partial charge on any atom is -0.391 e. The Balaban J connectivity index is 1.66. The fourth-order valence-corrected chi connectivity index (χ4v) is 4.85. The first-order valence-corrected chi connectivity index (χ1v) is 12.2. The molecule has 2 aromatic carbocycles. The van der Waals surface area contributed by atoms with Crippen molar-refractivity contribution in [2.45, 2.75) is 31.9 Å². The molecule has 1 aliphatic heterocycles. The van der Waals surface area contributed by atoms with Crippen LogP contribution in [0.5, 0.6) is 0 Å². The highest BCUT2D eigenvalue weighted by Gasteiger charge is 2.31. The van der Waals surface area contributed by atoms with E-state index in [1.54, 1.807) is 11.0 Å². The van der Waals surface area contributed by atoms with Crippen molar-refractivity contribution >= 4 is 22.8 Å². The van der Waals surface area contributed by atoms with Crippen LogP contribution in [0.15, 0.2) is 59.5 Å². The summed E-state index contributed by atoms with van der Waals surface area (Å²) >= 11 is 0. The van der Waals surface area contributed by atoms with Gasteiger partial charge in [0.2, 0.25) is 5.43 Å². The van der Waals surface area contributed by atoms with Crippen molar-refractivity contribution < 1.29 is 27.5 Å². The molecule has 11 heteroatoms. The minimum absolute atomic E-state index is 0.000330. The van der Waals surface area contributed by atoms with Crippen LogP contribution in [-0.4, -0.2) is 39.8 Å². The molecule has 0 saturated carbocycles. The summed E-state index contributed by atoms with van der Waals surface area (Å²) in [6.07, 6.45) is 1.05. The van der Waals surface area contributed by atoms with Crippen LogP contribution >= 0.6 is 0 Å². The van der Waals surface area contributed by atoms with Crippen LogP contribution in [0.3, 0.4) is 0 Å². The first-order chi connectivity index (χ1) is 18.5. The molecule has 2 aromatic heterocycles. The monoisotopic (exact) mass is 540 g/mol. The number of benzene rings is 2. The molecule has 1 fully saturated rings. The number of carbonyl (C=O) groups is 1. The number of nitrogens with one attached hydrogen (secondary N) is 1. The number of aliphatic hydroxyl groups is 1. The highest BCUT2D eigenvalue weighted by molar-refractivity contribution is 5.97. The number of β-amino-alcohol motifs (C(OH)–C–C–N with tert-alkyl or cyclic N) is 1. The predicted octanol–water partition coefficient (Wildman–Crippen LogP) is 4.18. The minimum atomic E-state index is -1.57. The maximum Gasteiger partial charge on any atom is 0.257 e. The number of nitrogens with zero attached hydrogens (tertiary/aromatic N) is 3. The fourth-order valence-electron chi connectivity index (χ4n) is 4.85. The van der Waals surface area contributed by atoms with E-state index in [9.17, 15) is 32.3 Å². The topological polar surface area (TPSA) is 87.5 Å². The van der Waals surface area contributed by atoms with E-state index < -0.39 is 57.4 Å². The van der Waals surface area contributed by atoms with Crippen molar-refractivity contribution in [1.29, 1.82) is 0 Å². The summed E-state index contributed by atoms with van der Waals surface area (Å²) in [5, 5.41) is 12.4. The van der Waals surface area contributed by atoms with E-state index in [-0.39, 0.29) is 16.7 Å². The van der Waals surface area contributed by atoms with Crippen molar-refractivity contribution in [3.05, 3.63) is 99.3 Å². The lowest BCUT2D eigenvalue weighted by atomic mass is 9.92. The van der Waals surface area contributed by atoms with Crippen molar-refractivity contribution in [3.63, 3.8) is 0 Å². The number of hydrogen-bond donors (Lipinski definition) is 2. The summed E-state index contributed by atoms with van der Waals surface area (Å²) in [6.45, 7) is 3.58. The van der Waals surface area contributed by atoms with Gasteiger partial charge in [0.1, 0.15) is 34.7 Å². The molecule has 3 heterocycles. The molecular formula is C28H24F4N4O3. The van der Waals surface area contributed by atoms with Crippen LogP contribution in [0, 0.1) is 23.3 Å². The molecule has 1 saturated heterocycles. The lowest BCUT2D eigenvalue weighted by molar-refractivity contribution is 0.0908. The Morgan fingerprint density at radius 3 is 2.41 bits per heavy atom. The van der Waals surface area contributed by atoms with E-state index in [0.717, 1.165) is 35.0 Å². The first-order valence-electron chi connectivity index (χ1n) is 12.2. The first kappa shape index (κ1) is 26.4. The van der Waals surface area contributed by atoms with Crippen LogP contribution in [-0.2, 0) is 5.54 Å². The molecule has 0 unspecified atom stereocenters. The van der Waals surface area contributed by atoms with Crippen molar-refractivity contribution in [2.24, 2.45) is 0 Å². The van der Waals surface area contributed by atoms with Gasteiger partial charge in [-0.05, 0) is 56.7 Å². The maximum absolute atomic E-state index is 14.9. The van der Waals surface area contributed by atoms with Crippen molar-refractivity contribution in [3.8, 4) is 5.69 Å². The molecule has 202 valence electrons. The Hall–Kier alpha value is -4.25. The van der Waals surface area contributed by atoms with E-state index in [4.69, 9.17) is 0 Å². The Morgan fingerprint density at radius 2 is 1.77 bits per heavy atom. The number of amides is 1. The Labute approximate surface area is 220 Å². The molecule has 1 atom stereocenters. The zero-order valence-corrected chi connectivity index (χ0v) is 21.0. The van der Waals surface area contributed by atoms with Gasteiger partial charge in [-0.3, -0.25) is 14.2 Å². The number of anilines is 1. The summed E-state index contributed by atoms with van der Waals surface area (Å²) in [6, 6.07) is 9.09. The SMILES string of the molecule is CC(C)(NC(=O)c1cn(-c2ccc(F)cc2F)c2nc(N3CC[C@@H](O)C3)ccc2c1=O)c1c(F)cccc1F. The number of pyridine rings is 2. The summed E-state index contributed by atoms with van der Waals surface area (Å²) in [7, 11) is 0. The molecule has 7 nitrogen and oxygen atoms in total. The molecular weight excluding hydrogens is 516 g/mol. The van der Waals surface area contributed by atoms with Gasteiger partial charge in [-0.1, -0.05) is 6.07 Å². The summed E-state index contributed by atoms with van der Waals surface area (Å²) in [4.78, 5) is 33.2. The number of fused-ring (bicyclic) bond motifs is 1. The third kappa shape index (κ3) is 4.85. The molecule has 1 amide bonds. The highest BCUT2D eigenvalue weighted by atomic mass is 19.1. The van der Waals surface area contributed by atoms with E-state index in [1.807, 2.05) is 0 Å². The molecule has 39 heavy (non-hydrogen) atoms. The van der Waals surface area contributed by atoms with E-state index in [0.29, 0.717) is 31.4 Å². The number of carbonyl (C=O) groups excluding carboxylic acids is 1. The molecule has 0 bridgehead atoms. The Bertz CT molecular complexity index is 1650. The zero-order valence-electron chi connectivity index (χ0n) is 21.0. The van der Waals surface area contributed by atoms with Crippen LogP contribution < -0.4 is 15.6 Å². The van der Waals surface area contributed by atoms with Crippen LogP contribution in [0.25, 0.3) is 16.7 Å². The number of halogens is 4. The number of hydrogen-bond acceptors (Lipinski definition) is 5. The smallest absolute Gasteiger partial charge is 0.257 e. The Kier molecular flexibility index (Phi) is 6.63. The highest BCUT2D eigenvalue weighted by Crippen LogP contribution is 2.28. The summed E-state index contributed by atoms with van der Waals surface area (Å²) in [5.41, 5.74) is -3.34. The molecule has 0 spiro atoms.